The Bertz CT molecular complexity index is 788. The highest BCUT2D eigenvalue weighted by Crippen LogP contribution is 2.23. The molecule has 6 nitrogen and oxygen atoms in total. The van der Waals surface area contributed by atoms with Crippen LogP contribution >= 0.6 is 0 Å². The van der Waals surface area contributed by atoms with Gasteiger partial charge in [0, 0.05) is 16.9 Å². The molecule has 0 unspecified atom stereocenters. The Hall–Kier alpha value is -3.15. The number of nitrogens with one attached hydrogen (secondary N) is 2. The maximum Gasteiger partial charge on any atom is 0.316 e. The number of imide groups is 1. The van der Waals surface area contributed by atoms with Crippen LogP contribution in [0.5, 0.6) is 0 Å². The summed E-state index contributed by atoms with van der Waals surface area (Å²) in [6.07, 6.45) is 0. The molecule has 0 radical (unpaired) electrons. The number of hydrogen-bond acceptors (Lipinski definition) is 4. The van der Waals surface area contributed by atoms with Gasteiger partial charge in [-0.1, -0.05) is 32.9 Å². The normalized spacial score (nSPS) is 10.8. The Morgan fingerprint density at radius 1 is 0.840 bits per heavy atom. The highest BCUT2D eigenvalue weighted by molar-refractivity contribution is 6.42. The summed E-state index contributed by atoms with van der Waals surface area (Å²) < 4.78 is 0. The van der Waals surface area contributed by atoms with Crippen molar-refractivity contribution >= 4 is 29.1 Å². The molecule has 2 aromatic carbocycles. The number of benzene rings is 2. The van der Waals surface area contributed by atoms with Crippen LogP contribution in [0.2, 0.25) is 0 Å². The topological polar surface area (TPSA) is 101 Å². The van der Waals surface area contributed by atoms with Crippen molar-refractivity contribution in [1.29, 1.82) is 0 Å². The van der Waals surface area contributed by atoms with Gasteiger partial charge in [-0.3, -0.25) is 19.7 Å². The molecule has 0 spiro atoms. The molecule has 130 valence electrons. The molecule has 3 amide bonds. The summed E-state index contributed by atoms with van der Waals surface area (Å²) in [4.78, 5) is 35.7. The van der Waals surface area contributed by atoms with Crippen LogP contribution in [-0.2, 0) is 15.0 Å². The third-order valence-corrected chi connectivity index (χ3v) is 3.61. The molecular weight excluding hydrogens is 318 g/mol. The van der Waals surface area contributed by atoms with Crippen LogP contribution in [0, 0.1) is 0 Å². The van der Waals surface area contributed by atoms with Gasteiger partial charge < -0.3 is 11.1 Å². The molecule has 25 heavy (non-hydrogen) atoms. The first-order chi connectivity index (χ1) is 11.7. The molecule has 0 bridgehead atoms. The zero-order chi connectivity index (χ0) is 18.6. The number of hydrogen-bond donors (Lipinski definition) is 3. The first-order valence-electron chi connectivity index (χ1n) is 7.79. The van der Waals surface area contributed by atoms with Crippen molar-refractivity contribution in [3.63, 3.8) is 0 Å². The van der Waals surface area contributed by atoms with Gasteiger partial charge in [-0.15, -0.1) is 0 Å². The molecule has 4 N–H and O–H groups in total. The van der Waals surface area contributed by atoms with Gasteiger partial charge in [0.25, 0.3) is 5.91 Å². The van der Waals surface area contributed by atoms with Crippen LogP contribution in [-0.4, -0.2) is 17.7 Å². The SMILES string of the molecule is CC(C)(C)c1ccc(NC(=O)C(=O)NC(=O)c2ccc(N)cc2)cc1. The molecule has 6 heteroatoms. The maximum atomic E-state index is 11.9. The molecule has 0 aromatic heterocycles. The van der Waals surface area contributed by atoms with Crippen molar-refractivity contribution in [2.75, 3.05) is 11.1 Å². The van der Waals surface area contributed by atoms with Gasteiger partial charge in [0.15, 0.2) is 0 Å². The quantitative estimate of drug-likeness (QED) is 0.578. The Morgan fingerprint density at radius 2 is 1.40 bits per heavy atom. The Labute approximate surface area is 146 Å². The standard InChI is InChI=1S/C19H21N3O3/c1-19(2,3)13-6-10-15(11-7-13)21-17(24)18(25)22-16(23)12-4-8-14(20)9-5-12/h4-11H,20H2,1-3H3,(H,21,24)(H,22,23,25). The molecule has 2 aromatic rings. The first kappa shape index (κ1) is 18.2. The Kier molecular flexibility index (Phi) is 5.22. The third-order valence-electron chi connectivity index (χ3n) is 3.61. The average Bonchev–Trinajstić information content (AvgIpc) is 2.55. The molecule has 0 aliphatic carbocycles. The minimum atomic E-state index is -1.03. The second-order valence-electron chi connectivity index (χ2n) is 6.69. The van der Waals surface area contributed by atoms with Gasteiger partial charge in [0.1, 0.15) is 0 Å². The Balaban J connectivity index is 1.97. The number of anilines is 2. The fourth-order valence-electron chi connectivity index (χ4n) is 2.11. The highest BCUT2D eigenvalue weighted by Gasteiger charge is 2.18. The molecule has 0 aliphatic heterocycles. The van der Waals surface area contributed by atoms with Crippen LogP contribution in [0.15, 0.2) is 48.5 Å². The van der Waals surface area contributed by atoms with Crippen molar-refractivity contribution in [1.82, 2.24) is 5.32 Å². The van der Waals surface area contributed by atoms with Crippen LogP contribution in [0.1, 0.15) is 36.7 Å². The van der Waals surface area contributed by atoms with E-state index in [1.807, 2.05) is 17.4 Å². The molecular formula is C19H21N3O3. The molecule has 0 heterocycles. The average molecular weight is 339 g/mol. The zero-order valence-corrected chi connectivity index (χ0v) is 14.4. The van der Waals surface area contributed by atoms with E-state index < -0.39 is 17.7 Å². The van der Waals surface area contributed by atoms with E-state index in [-0.39, 0.29) is 11.0 Å². The van der Waals surface area contributed by atoms with Gasteiger partial charge in [0.05, 0.1) is 0 Å². The fourth-order valence-corrected chi connectivity index (χ4v) is 2.11. The van der Waals surface area contributed by atoms with E-state index in [0.717, 1.165) is 5.56 Å². The summed E-state index contributed by atoms with van der Waals surface area (Å²) >= 11 is 0. The van der Waals surface area contributed by atoms with Gasteiger partial charge in [0.2, 0.25) is 0 Å². The Morgan fingerprint density at radius 3 is 1.92 bits per heavy atom. The molecule has 0 aliphatic rings. The predicted octanol–water partition coefficient (Wildman–Crippen LogP) is 2.46. The lowest BCUT2D eigenvalue weighted by Crippen LogP contribution is -2.39. The van der Waals surface area contributed by atoms with Gasteiger partial charge in [-0.25, -0.2) is 0 Å². The first-order valence-corrected chi connectivity index (χ1v) is 7.79. The maximum absolute atomic E-state index is 11.9. The fraction of sp³-hybridized carbons (Fsp3) is 0.211. The minimum absolute atomic E-state index is 0.00852. The number of rotatable bonds is 2. The lowest BCUT2D eigenvalue weighted by atomic mass is 9.87. The van der Waals surface area contributed by atoms with Crippen molar-refractivity contribution in [3.8, 4) is 0 Å². The van der Waals surface area contributed by atoms with Crippen molar-refractivity contribution in [2.45, 2.75) is 26.2 Å². The number of carbonyl (C=O) groups is 3. The summed E-state index contributed by atoms with van der Waals surface area (Å²) in [5.74, 6) is -2.60. The van der Waals surface area contributed by atoms with E-state index >= 15 is 0 Å². The minimum Gasteiger partial charge on any atom is -0.399 e. The van der Waals surface area contributed by atoms with Crippen LogP contribution in [0.4, 0.5) is 11.4 Å². The predicted molar refractivity (Wildman–Crippen MR) is 97.1 cm³/mol. The molecule has 0 fully saturated rings. The summed E-state index contributed by atoms with van der Waals surface area (Å²) in [7, 11) is 0. The van der Waals surface area contributed by atoms with Gasteiger partial charge in [-0.05, 0) is 47.4 Å². The second-order valence-corrected chi connectivity index (χ2v) is 6.69. The van der Waals surface area contributed by atoms with E-state index in [1.165, 1.54) is 24.3 Å². The van der Waals surface area contributed by atoms with Crippen LogP contribution in [0.3, 0.4) is 0 Å². The lowest BCUT2D eigenvalue weighted by Gasteiger charge is -2.19. The van der Waals surface area contributed by atoms with Crippen molar-refractivity contribution < 1.29 is 14.4 Å². The number of nitrogen functional groups attached to an aromatic ring is 1. The zero-order valence-electron chi connectivity index (χ0n) is 14.4. The summed E-state index contributed by atoms with van der Waals surface area (Å²) in [6.45, 7) is 6.24. The van der Waals surface area contributed by atoms with Crippen molar-refractivity contribution in [3.05, 3.63) is 59.7 Å². The summed E-state index contributed by atoms with van der Waals surface area (Å²) in [5.41, 5.74) is 7.85. The van der Waals surface area contributed by atoms with Crippen LogP contribution in [0.25, 0.3) is 0 Å². The number of carbonyl (C=O) groups excluding carboxylic acids is 3. The van der Waals surface area contributed by atoms with Crippen LogP contribution < -0.4 is 16.4 Å². The van der Waals surface area contributed by atoms with E-state index in [9.17, 15) is 14.4 Å². The molecule has 0 saturated heterocycles. The van der Waals surface area contributed by atoms with Gasteiger partial charge in [-0.2, -0.15) is 0 Å². The van der Waals surface area contributed by atoms with Gasteiger partial charge >= 0.3 is 11.8 Å². The number of amides is 3. The summed E-state index contributed by atoms with van der Waals surface area (Å²) in [5, 5.41) is 4.50. The van der Waals surface area contributed by atoms with E-state index in [0.29, 0.717) is 11.4 Å². The van der Waals surface area contributed by atoms with E-state index in [2.05, 4.69) is 26.1 Å². The smallest absolute Gasteiger partial charge is 0.316 e. The molecule has 2 rings (SSSR count). The number of nitrogens with two attached hydrogens (primary N) is 1. The largest absolute Gasteiger partial charge is 0.399 e. The third kappa shape index (κ3) is 4.91. The highest BCUT2D eigenvalue weighted by atomic mass is 16.2. The molecule has 0 saturated carbocycles. The van der Waals surface area contributed by atoms with E-state index in [4.69, 9.17) is 5.73 Å². The monoisotopic (exact) mass is 339 g/mol. The second kappa shape index (κ2) is 7.17. The summed E-state index contributed by atoms with van der Waals surface area (Å²) in [6, 6.07) is 13.2. The van der Waals surface area contributed by atoms with Crippen molar-refractivity contribution in [2.24, 2.45) is 0 Å². The lowest BCUT2D eigenvalue weighted by molar-refractivity contribution is -0.135. The van der Waals surface area contributed by atoms with E-state index in [1.54, 1.807) is 12.1 Å². The molecule has 0 atom stereocenters.